The smallest absolute Gasteiger partial charge is 0.328 e. The Balaban J connectivity index is 0.00000112. The second-order valence-electron chi connectivity index (χ2n) is 3.23. The van der Waals surface area contributed by atoms with Gasteiger partial charge in [0.25, 0.3) is 5.56 Å². The Hall–Kier alpha value is -1.03. The maximum Gasteiger partial charge on any atom is 0.332 e. The number of hydrogen-bond acceptors (Lipinski definition) is 3. The van der Waals surface area contributed by atoms with Crippen LogP contribution in [-0.2, 0) is 38.5 Å². The third kappa shape index (κ3) is 1.82. The quantitative estimate of drug-likeness (QED) is 0.648. The van der Waals surface area contributed by atoms with Crippen molar-refractivity contribution in [1.29, 1.82) is 0 Å². The van der Waals surface area contributed by atoms with Gasteiger partial charge in [-0.15, -0.1) is 12.4 Å². The Kier molecular flexibility index (Phi) is 4.56. The van der Waals surface area contributed by atoms with E-state index in [1.54, 1.807) is 18.7 Å². The third-order valence-corrected chi connectivity index (χ3v) is 2.32. The number of halogens is 1. The summed E-state index contributed by atoms with van der Waals surface area (Å²) < 4.78 is 4.04. The first-order valence-corrected chi connectivity index (χ1v) is 4.11. The van der Waals surface area contributed by atoms with E-state index in [9.17, 15) is 9.59 Å². The Morgan fingerprint density at radius 3 is 2.25 bits per heavy atom. The van der Waals surface area contributed by atoms with E-state index in [4.69, 9.17) is 0 Å². The number of rotatable bonds is 0. The molecule has 0 saturated heterocycles. The number of aromatic nitrogens is 4. The molecule has 0 aliphatic rings. The molecule has 0 saturated carbocycles. The maximum absolute atomic E-state index is 11.7. The van der Waals surface area contributed by atoms with Crippen molar-refractivity contribution in [1.82, 2.24) is 18.7 Å². The van der Waals surface area contributed by atoms with Gasteiger partial charge in [0.15, 0.2) is 11.2 Å². The van der Waals surface area contributed by atoms with Crippen LogP contribution in [-0.4, -0.2) is 18.7 Å². The van der Waals surface area contributed by atoms with Crippen LogP contribution in [0.4, 0.5) is 0 Å². The molecule has 2 heterocycles. The second kappa shape index (κ2) is 4.87. The molecule has 0 aliphatic carbocycles. The molecule has 0 radical (unpaired) electrons. The zero-order chi connectivity index (χ0) is 10.5. The largest absolute Gasteiger partial charge is 0.332 e. The Bertz CT molecular complexity index is 627. The summed E-state index contributed by atoms with van der Waals surface area (Å²) in [6.07, 6.45) is 1.52. The summed E-state index contributed by atoms with van der Waals surface area (Å²) in [5, 5.41) is 0. The minimum atomic E-state index is -0.360. The van der Waals surface area contributed by atoms with Gasteiger partial charge in [-0.25, -0.2) is 9.78 Å². The summed E-state index contributed by atoms with van der Waals surface area (Å²) >= 11 is 0. The van der Waals surface area contributed by atoms with Crippen LogP contribution >= 0.6 is 12.4 Å². The molecule has 0 aliphatic heterocycles. The minimum absolute atomic E-state index is 0. The summed E-state index contributed by atoms with van der Waals surface area (Å²) in [6, 6.07) is 0. The van der Waals surface area contributed by atoms with Gasteiger partial charge in [-0.05, 0) is 0 Å². The molecule has 2 rings (SSSR count). The summed E-state index contributed by atoms with van der Waals surface area (Å²) in [5.41, 5.74) is 0.180. The van der Waals surface area contributed by atoms with Crippen molar-refractivity contribution in [3.05, 3.63) is 27.2 Å². The van der Waals surface area contributed by atoms with Crippen LogP contribution < -0.4 is 11.2 Å². The molecule has 0 unspecified atom stereocenters. The van der Waals surface area contributed by atoms with Crippen LogP contribution in [0.5, 0.6) is 0 Å². The average molecular weight is 283 g/mol. The molecule has 16 heavy (non-hydrogen) atoms. The molecule has 8 heteroatoms. The van der Waals surface area contributed by atoms with Gasteiger partial charge in [-0.1, -0.05) is 0 Å². The fraction of sp³-hybridized carbons (Fsp3) is 0.375. The monoisotopic (exact) mass is 282 g/mol. The van der Waals surface area contributed by atoms with Crippen molar-refractivity contribution >= 4 is 23.6 Å². The van der Waals surface area contributed by atoms with Crippen molar-refractivity contribution in [3.8, 4) is 0 Å². The van der Waals surface area contributed by atoms with E-state index in [0.29, 0.717) is 11.2 Å². The molecule has 0 fully saturated rings. The predicted octanol–water partition coefficient (Wildman–Crippen LogP) is -0.610. The normalized spacial score (nSPS) is 9.69. The minimum Gasteiger partial charge on any atom is -0.328 e. The van der Waals surface area contributed by atoms with Gasteiger partial charge < -0.3 is 4.57 Å². The molecule has 88 valence electrons. The van der Waals surface area contributed by atoms with Gasteiger partial charge in [0.1, 0.15) is 0 Å². The molecular formula is C8H11ClCrN4O2. The van der Waals surface area contributed by atoms with Crippen LogP contribution in [0.3, 0.4) is 0 Å². The molecule has 0 aromatic carbocycles. The van der Waals surface area contributed by atoms with E-state index in [0.717, 1.165) is 4.57 Å². The molecule has 0 atom stereocenters. The summed E-state index contributed by atoms with van der Waals surface area (Å²) in [4.78, 5) is 27.2. The summed E-state index contributed by atoms with van der Waals surface area (Å²) in [7, 11) is 4.77. The number of imidazole rings is 1. The van der Waals surface area contributed by atoms with Crippen LogP contribution in [0.1, 0.15) is 0 Å². The van der Waals surface area contributed by atoms with Crippen molar-refractivity contribution < 1.29 is 17.4 Å². The molecule has 0 bridgehead atoms. The zero-order valence-corrected chi connectivity index (χ0v) is 11.1. The van der Waals surface area contributed by atoms with Gasteiger partial charge in [0, 0.05) is 38.5 Å². The third-order valence-electron chi connectivity index (χ3n) is 2.32. The number of aryl methyl sites for hydroxylation is 2. The van der Waals surface area contributed by atoms with Crippen LogP contribution in [0.15, 0.2) is 15.9 Å². The van der Waals surface area contributed by atoms with Crippen molar-refractivity contribution in [2.45, 2.75) is 0 Å². The van der Waals surface area contributed by atoms with Crippen LogP contribution in [0.2, 0.25) is 0 Å². The molecule has 0 N–H and O–H groups in total. The fourth-order valence-corrected chi connectivity index (χ4v) is 1.47. The topological polar surface area (TPSA) is 61.8 Å². The number of hydrogen-bond donors (Lipinski definition) is 0. The average Bonchev–Trinajstić information content (AvgIpc) is 2.54. The van der Waals surface area contributed by atoms with Crippen molar-refractivity contribution in [3.63, 3.8) is 0 Å². The molecular weight excluding hydrogens is 272 g/mol. The Morgan fingerprint density at radius 2 is 1.69 bits per heavy atom. The second-order valence-corrected chi connectivity index (χ2v) is 3.23. The first-order chi connectivity index (χ1) is 6.54. The zero-order valence-electron chi connectivity index (χ0n) is 9.00. The maximum atomic E-state index is 11.7. The van der Waals surface area contributed by atoms with Gasteiger partial charge in [0.05, 0.1) is 6.33 Å². The van der Waals surface area contributed by atoms with E-state index in [2.05, 4.69) is 4.98 Å². The Labute approximate surface area is 108 Å². The van der Waals surface area contributed by atoms with Crippen molar-refractivity contribution in [2.24, 2.45) is 21.1 Å². The molecule has 0 spiro atoms. The van der Waals surface area contributed by atoms with Gasteiger partial charge in [-0.2, -0.15) is 0 Å². The molecule has 0 amide bonds. The summed E-state index contributed by atoms with van der Waals surface area (Å²) in [5.74, 6) is 0. The number of nitrogens with zero attached hydrogens (tertiary/aromatic N) is 4. The van der Waals surface area contributed by atoms with Crippen molar-refractivity contribution in [2.75, 3.05) is 0 Å². The Morgan fingerprint density at radius 1 is 1.12 bits per heavy atom. The van der Waals surface area contributed by atoms with Crippen LogP contribution in [0.25, 0.3) is 11.2 Å². The van der Waals surface area contributed by atoms with E-state index >= 15 is 0 Å². The SMILES string of the molecule is Cl.Cn1c(=O)c2c(ncn2C)n(C)c1=O.[Cr]. The van der Waals surface area contributed by atoms with Gasteiger partial charge >= 0.3 is 5.69 Å². The number of fused-ring (bicyclic) bond motifs is 1. The van der Waals surface area contributed by atoms with Gasteiger partial charge in [-0.3, -0.25) is 13.9 Å². The predicted molar refractivity (Wildman–Crippen MR) is 58.4 cm³/mol. The van der Waals surface area contributed by atoms with Gasteiger partial charge in [0.2, 0.25) is 0 Å². The first-order valence-electron chi connectivity index (χ1n) is 4.11. The van der Waals surface area contributed by atoms with Crippen LogP contribution in [0, 0.1) is 0 Å². The summed E-state index contributed by atoms with van der Waals surface area (Å²) in [6.45, 7) is 0. The van der Waals surface area contributed by atoms with E-state index in [1.807, 2.05) is 0 Å². The van der Waals surface area contributed by atoms with E-state index < -0.39 is 0 Å². The molecule has 2 aromatic heterocycles. The first kappa shape index (κ1) is 15.0. The molecule has 6 nitrogen and oxygen atoms in total. The standard InChI is InChI=1S/C8H10N4O2.ClH.Cr/c1-10-4-9-6-5(10)7(13)12(3)8(14)11(6)2;;/h4H,1-3H3;1H;. The van der Waals surface area contributed by atoms with E-state index in [-0.39, 0.29) is 41.0 Å². The van der Waals surface area contributed by atoms with E-state index in [1.165, 1.54) is 17.9 Å². The molecule has 2 aromatic rings. The fourth-order valence-electron chi connectivity index (χ4n) is 1.47.